The Balaban J connectivity index is 2.33. The molecular weight excluding hydrogens is 270 g/mol. The van der Waals surface area contributed by atoms with Crippen molar-refractivity contribution in [2.75, 3.05) is 6.61 Å². The lowest BCUT2D eigenvalue weighted by atomic mass is 10.1. The Hall–Kier alpha value is -2.04. The molecule has 0 bridgehead atoms. The van der Waals surface area contributed by atoms with Gasteiger partial charge in [-0.2, -0.15) is 0 Å². The van der Waals surface area contributed by atoms with Crippen LogP contribution in [-0.2, 0) is 9.59 Å². The second kappa shape index (κ2) is 8.29. The first-order valence-electron chi connectivity index (χ1n) is 7.10. The molecule has 1 atom stereocenters. The lowest BCUT2D eigenvalue weighted by Gasteiger charge is -2.15. The summed E-state index contributed by atoms with van der Waals surface area (Å²) in [5.41, 5.74) is 2.15. The van der Waals surface area contributed by atoms with Crippen LogP contribution in [0.1, 0.15) is 37.3 Å². The van der Waals surface area contributed by atoms with Crippen molar-refractivity contribution in [3.8, 4) is 5.75 Å². The van der Waals surface area contributed by atoms with E-state index in [0.717, 1.165) is 11.1 Å². The van der Waals surface area contributed by atoms with Crippen molar-refractivity contribution in [1.82, 2.24) is 5.32 Å². The van der Waals surface area contributed by atoms with Crippen molar-refractivity contribution < 1.29 is 19.4 Å². The van der Waals surface area contributed by atoms with Gasteiger partial charge in [0.25, 0.3) is 5.91 Å². The molecule has 116 valence electrons. The van der Waals surface area contributed by atoms with E-state index in [4.69, 9.17) is 9.84 Å². The molecule has 0 aromatic heterocycles. The van der Waals surface area contributed by atoms with Gasteiger partial charge in [0, 0.05) is 12.5 Å². The van der Waals surface area contributed by atoms with Crippen LogP contribution in [0.3, 0.4) is 0 Å². The van der Waals surface area contributed by atoms with E-state index in [2.05, 4.69) is 5.32 Å². The van der Waals surface area contributed by atoms with E-state index in [1.165, 1.54) is 0 Å². The first-order chi connectivity index (χ1) is 9.90. The van der Waals surface area contributed by atoms with Gasteiger partial charge in [-0.05, 0) is 50.8 Å². The summed E-state index contributed by atoms with van der Waals surface area (Å²) in [6.07, 6.45) is 1.31. The summed E-state index contributed by atoms with van der Waals surface area (Å²) in [7, 11) is 0. The number of hydrogen-bond donors (Lipinski definition) is 2. The minimum atomic E-state index is -0.813. The number of hydrogen-bond acceptors (Lipinski definition) is 3. The van der Waals surface area contributed by atoms with E-state index in [1.54, 1.807) is 0 Å². The fourth-order valence-electron chi connectivity index (χ4n) is 1.97. The van der Waals surface area contributed by atoms with Crippen molar-refractivity contribution in [2.24, 2.45) is 0 Å². The molecule has 1 rings (SSSR count). The zero-order valence-corrected chi connectivity index (χ0v) is 12.8. The van der Waals surface area contributed by atoms with Crippen LogP contribution in [0.15, 0.2) is 18.2 Å². The number of carbonyl (C=O) groups is 2. The Morgan fingerprint density at radius 1 is 1.33 bits per heavy atom. The maximum Gasteiger partial charge on any atom is 0.303 e. The van der Waals surface area contributed by atoms with Crippen molar-refractivity contribution in [2.45, 2.75) is 46.1 Å². The number of carboxylic acids is 1. The normalized spacial score (nSPS) is 11.8. The third-order valence-electron chi connectivity index (χ3n) is 3.35. The number of amides is 1. The summed E-state index contributed by atoms with van der Waals surface area (Å²) in [6.45, 7) is 5.77. The second-order valence-electron chi connectivity index (χ2n) is 5.24. The third kappa shape index (κ3) is 6.29. The largest absolute Gasteiger partial charge is 0.483 e. The molecule has 0 radical (unpaired) electrons. The SMILES string of the molecule is Cc1cccc(OCC(=O)NC(C)CCCC(=O)O)c1C. The Morgan fingerprint density at radius 2 is 2.05 bits per heavy atom. The van der Waals surface area contributed by atoms with E-state index in [0.29, 0.717) is 18.6 Å². The van der Waals surface area contributed by atoms with E-state index in [-0.39, 0.29) is 25.0 Å². The fourth-order valence-corrected chi connectivity index (χ4v) is 1.97. The molecule has 21 heavy (non-hydrogen) atoms. The maximum absolute atomic E-state index is 11.8. The molecule has 1 unspecified atom stereocenters. The second-order valence-corrected chi connectivity index (χ2v) is 5.24. The molecule has 0 spiro atoms. The van der Waals surface area contributed by atoms with Crippen LogP contribution in [0.25, 0.3) is 0 Å². The van der Waals surface area contributed by atoms with E-state index >= 15 is 0 Å². The molecule has 1 amide bonds. The summed E-state index contributed by atoms with van der Waals surface area (Å²) in [5, 5.41) is 11.4. The number of rotatable bonds is 8. The molecule has 1 aromatic rings. The molecule has 0 aliphatic rings. The molecule has 1 aromatic carbocycles. The van der Waals surface area contributed by atoms with Gasteiger partial charge in [0.1, 0.15) is 5.75 Å². The van der Waals surface area contributed by atoms with Crippen LogP contribution >= 0.6 is 0 Å². The predicted octanol–water partition coefficient (Wildman–Crippen LogP) is 2.44. The van der Waals surface area contributed by atoms with Crippen molar-refractivity contribution >= 4 is 11.9 Å². The van der Waals surface area contributed by atoms with Gasteiger partial charge in [-0.3, -0.25) is 9.59 Å². The highest BCUT2D eigenvalue weighted by Gasteiger charge is 2.10. The quantitative estimate of drug-likeness (QED) is 0.772. The van der Waals surface area contributed by atoms with Gasteiger partial charge >= 0.3 is 5.97 Å². The monoisotopic (exact) mass is 293 g/mol. The number of aryl methyl sites for hydroxylation is 1. The Bertz CT molecular complexity index is 499. The number of ether oxygens (including phenoxy) is 1. The van der Waals surface area contributed by atoms with E-state index in [1.807, 2.05) is 39.0 Å². The molecule has 5 heteroatoms. The van der Waals surface area contributed by atoms with Gasteiger partial charge in [0.05, 0.1) is 0 Å². The summed E-state index contributed by atoms with van der Waals surface area (Å²) in [6, 6.07) is 5.67. The van der Waals surface area contributed by atoms with Gasteiger partial charge in [-0.25, -0.2) is 0 Å². The molecule has 0 aliphatic heterocycles. The van der Waals surface area contributed by atoms with Crippen LogP contribution in [0.5, 0.6) is 5.75 Å². The van der Waals surface area contributed by atoms with Crippen LogP contribution in [0.2, 0.25) is 0 Å². The average molecular weight is 293 g/mol. The van der Waals surface area contributed by atoms with E-state index in [9.17, 15) is 9.59 Å². The molecule has 0 saturated heterocycles. The molecule has 0 aliphatic carbocycles. The topological polar surface area (TPSA) is 75.6 Å². The van der Waals surface area contributed by atoms with Gasteiger partial charge in [0.2, 0.25) is 0 Å². The number of carbonyl (C=O) groups excluding carboxylic acids is 1. The predicted molar refractivity (Wildman–Crippen MR) is 80.5 cm³/mol. The summed E-state index contributed by atoms with van der Waals surface area (Å²) in [5.74, 6) is -0.297. The number of aliphatic carboxylic acids is 1. The van der Waals surface area contributed by atoms with E-state index < -0.39 is 5.97 Å². The molecule has 0 fully saturated rings. The Kier molecular flexibility index (Phi) is 6.72. The first-order valence-corrected chi connectivity index (χ1v) is 7.10. The smallest absolute Gasteiger partial charge is 0.303 e. The Morgan fingerprint density at radius 3 is 2.71 bits per heavy atom. The summed E-state index contributed by atoms with van der Waals surface area (Å²) >= 11 is 0. The van der Waals surface area contributed by atoms with Gasteiger partial charge < -0.3 is 15.2 Å². The van der Waals surface area contributed by atoms with Crippen LogP contribution < -0.4 is 10.1 Å². The summed E-state index contributed by atoms with van der Waals surface area (Å²) < 4.78 is 5.52. The first kappa shape index (κ1) is 17.0. The zero-order valence-electron chi connectivity index (χ0n) is 12.8. The van der Waals surface area contributed by atoms with Crippen molar-refractivity contribution in [3.05, 3.63) is 29.3 Å². The van der Waals surface area contributed by atoms with Gasteiger partial charge in [0.15, 0.2) is 6.61 Å². The fraction of sp³-hybridized carbons (Fsp3) is 0.500. The van der Waals surface area contributed by atoms with Crippen LogP contribution in [0, 0.1) is 13.8 Å². The zero-order chi connectivity index (χ0) is 15.8. The van der Waals surface area contributed by atoms with Crippen LogP contribution in [-0.4, -0.2) is 29.6 Å². The molecular formula is C16H23NO4. The lowest BCUT2D eigenvalue weighted by Crippen LogP contribution is -2.36. The average Bonchev–Trinajstić information content (AvgIpc) is 2.40. The lowest BCUT2D eigenvalue weighted by molar-refractivity contribution is -0.137. The number of nitrogens with one attached hydrogen (secondary N) is 1. The van der Waals surface area contributed by atoms with Crippen molar-refractivity contribution in [3.63, 3.8) is 0 Å². The number of carboxylic acid groups (broad SMARTS) is 1. The minimum Gasteiger partial charge on any atom is -0.483 e. The molecule has 0 heterocycles. The summed E-state index contributed by atoms with van der Waals surface area (Å²) in [4.78, 5) is 22.2. The molecule has 2 N–H and O–H groups in total. The van der Waals surface area contributed by atoms with Gasteiger partial charge in [-0.1, -0.05) is 12.1 Å². The highest BCUT2D eigenvalue weighted by atomic mass is 16.5. The number of benzene rings is 1. The molecule has 0 saturated carbocycles. The van der Waals surface area contributed by atoms with Gasteiger partial charge in [-0.15, -0.1) is 0 Å². The highest BCUT2D eigenvalue weighted by Crippen LogP contribution is 2.20. The maximum atomic E-state index is 11.8. The van der Waals surface area contributed by atoms with Crippen LogP contribution in [0.4, 0.5) is 0 Å². The van der Waals surface area contributed by atoms with Crippen molar-refractivity contribution in [1.29, 1.82) is 0 Å². The third-order valence-corrected chi connectivity index (χ3v) is 3.35. The Labute approximate surface area is 125 Å². The standard InChI is InChI=1S/C16H23NO4/c1-11-6-4-8-14(13(11)3)21-10-15(18)17-12(2)7-5-9-16(19)20/h4,6,8,12H,5,7,9-10H2,1-3H3,(H,17,18)(H,19,20). The minimum absolute atomic E-state index is 0.0342. The highest BCUT2D eigenvalue weighted by molar-refractivity contribution is 5.77. The molecule has 5 nitrogen and oxygen atoms in total.